The summed E-state index contributed by atoms with van der Waals surface area (Å²) in [5.41, 5.74) is 0. The number of rotatable bonds is 6. The third kappa shape index (κ3) is 4.23. The summed E-state index contributed by atoms with van der Waals surface area (Å²) in [6.07, 6.45) is 3.39. The third-order valence-corrected chi connectivity index (χ3v) is 3.97. The molecular formula is C13H16N2O3S. The molecule has 102 valence electrons. The summed E-state index contributed by atoms with van der Waals surface area (Å²) in [6, 6.07) is 8.46. The molecule has 1 saturated carbocycles. The number of hydrogen-bond donors (Lipinski definition) is 1. The first kappa shape index (κ1) is 13.8. The Bertz CT molecular complexity index is 571. The molecule has 1 atom stereocenters. The van der Waals surface area contributed by atoms with Crippen LogP contribution in [-0.2, 0) is 9.84 Å². The highest BCUT2D eigenvalue weighted by Gasteiger charge is 2.24. The van der Waals surface area contributed by atoms with E-state index in [0.717, 1.165) is 19.1 Å². The van der Waals surface area contributed by atoms with Crippen molar-refractivity contribution in [1.82, 2.24) is 5.32 Å². The Morgan fingerprint density at radius 3 is 2.53 bits per heavy atom. The average molecular weight is 280 g/mol. The van der Waals surface area contributed by atoms with Gasteiger partial charge in [-0.15, -0.1) is 0 Å². The van der Waals surface area contributed by atoms with Gasteiger partial charge in [0.25, 0.3) is 0 Å². The number of hydrogen-bond acceptors (Lipinski definition) is 5. The third-order valence-electron chi connectivity index (χ3n) is 2.84. The average Bonchev–Trinajstić information content (AvgIpc) is 3.18. The highest BCUT2D eigenvalue weighted by molar-refractivity contribution is 7.90. The largest absolute Gasteiger partial charge is 0.491 e. The molecule has 1 aliphatic rings. The van der Waals surface area contributed by atoms with Gasteiger partial charge < -0.3 is 4.74 Å². The van der Waals surface area contributed by atoms with Crippen LogP contribution in [0.5, 0.6) is 5.75 Å². The van der Waals surface area contributed by atoms with Crippen LogP contribution in [0.25, 0.3) is 0 Å². The molecule has 2 rings (SSSR count). The minimum Gasteiger partial charge on any atom is -0.491 e. The molecule has 1 N–H and O–H groups in total. The maximum Gasteiger partial charge on any atom is 0.175 e. The standard InChI is InChI=1S/C13H16N2O3S/c1-19(16,17)13-6-4-12(5-7-13)18-9-11(8-14)15-10-2-3-10/h4-7,10-11,15H,2-3,9H2,1H3. The number of benzene rings is 1. The van der Waals surface area contributed by atoms with E-state index in [1.807, 2.05) is 0 Å². The van der Waals surface area contributed by atoms with Crippen molar-refractivity contribution in [3.05, 3.63) is 24.3 Å². The molecule has 0 radical (unpaired) electrons. The molecule has 19 heavy (non-hydrogen) atoms. The molecule has 0 bridgehead atoms. The Morgan fingerprint density at radius 2 is 2.05 bits per heavy atom. The van der Waals surface area contributed by atoms with Crippen LogP contribution < -0.4 is 10.1 Å². The lowest BCUT2D eigenvalue weighted by molar-refractivity contribution is 0.288. The molecule has 1 fully saturated rings. The van der Waals surface area contributed by atoms with Crippen molar-refractivity contribution in [2.24, 2.45) is 0 Å². The van der Waals surface area contributed by atoms with E-state index in [0.29, 0.717) is 11.8 Å². The second kappa shape index (κ2) is 5.59. The van der Waals surface area contributed by atoms with Crippen molar-refractivity contribution in [3.63, 3.8) is 0 Å². The van der Waals surface area contributed by atoms with Crippen molar-refractivity contribution in [1.29, 1.82) is 5.26 Å². The molecule has 0 saturated heterocycles. The van der Waals surface area contributed by atoms with Gasteiger partial charge in [-0.2, -0.15) is 5.26 Å². The smallest absolute Gasteiger partial charge is 0.175 e. The van der Waals surface area contributed by atoms with E-state index >= 15 is 0 Å². The quantitative estimate of drug-likeness (QED) is 0.844. The minimum absolute atomic E-state index is 0.255. The van der Waals surface area contributed by atoms with Crippen LogP contribution in [0.3, 0.4) is 0 Å². The number of ether oxygens (including phenoxy) is 1. The Labute approximate surface area is 113 Å². The van der Waals surface area contributed by atoms with E-state index in [9.17, 15) is 8.42 Å². The maximum atomic E-state index is 11.3. The van der Waals surface area contributed by atoms with E-state index in [1.165, 1.54) is 12.1 Å². The number of nitrogens with one attached hydrogen (secondary N) is 1. The van der Waals surface area contributed by atoms with Crippen molar-refractivity contribution >= 4 is 9.84 Å². The first-order valence-corrected chi connectivity index (χ1v) is 7.97. The van der Waals surface area contributed by atoms with Crippen molar-refractivity contribution < 1.29 is 13.2 Å². The molecule has 0 heterocycles. The first-order valence-electron chi connectivity index (χ1n) is 6.07. The fraction of sp³-hybridized carbons (Fsp3) is 0.462. The molecule has 0 aliphatic heterocycles. The van der Waals surface area contributed by atoms with Gasteiger partial charge in [0.1, 0.15) is 18.4 Å². The van der Waals surface area contributed by atoms with Gasteiger partial charge in [0, 0.05) is 12.3 Å². The van der Waals surface area contributed by atoms with Gasteiger partial charge in [0.15, 0.2) is 9.84 Å². The highest BCUT2D eigenvalue weighted by atomic mass is 32.2. The van der Waals surface area contributed by atoms with Crippen molar-refractivity contribution in [2.45, 2.75) is 29.8 Å². The zero-order valence-corrected chi connectivity index (χ0v) is 11.5. The van der Waals surface area contributed by atoms with Gasteiger partial charge in [-0.25, -0.2) is 8.42 Å². The Balaban J connectivity index is 1.90. The number of nitriles is 1. The fourth-order valence-corrected chi connectivity index (χ4v) is 2.25. The van der Waals surface area contributed by atoms with E-state index in [4.69, 9.17) is 10.00 Å². The van der Waals surface area contributed by atoms with E-state index in [2.05, 4.69) is 11.4 Å². The fourth-order valence-electron chi connectivity index (χ4n) is 1.62. The zero-order valence-electron chi connectivity index (χ0n) is 10.7. The van der Waals surface area contributed by atoms with Gasteiger partial charge in [-0.3, -0.25) is 5.32 Å². The highest BCUT2D eigenvalue weighted by Crippen LogP contribution is 2.20. The van der Waals surface area contributed by atoms with Crippen LogP contribution in [-0.4, -0.2) is 33.4 Å². The summed E-state index contributed by atoms with van der Waals surface area (Å²) in [4.78, 5) is 0.257. The lowest BCUT2D eigenvalue weighted by Gasteiger charge is -2.12. The summed E-state index contributed by atoms with van der Waals surface area (Å²) < 4.78 is 28.1. The van der Waals surface area contributed by atoms with Gasteiger partial charge in [0.2, 0.25) is 0 Å². The topological polar surface area (TPSA) is 79.2 Å². The molecule has 5 nitrogen and oxygen atoms in total. The normalized spacial score (nSPS) is 16.6. The molecule has 6 heteroatoms. The van der Waals surface area contributed by atoms with Gasteiger partial charge in [-0.1, -0.05) is 0 Å². The number of nitrogens with zero attached hydrogens (tertiary/aromatic N) is 1. The monoisotopic (exact) mass is 280 g/mol. The van der Waals surface area contributed by atoms with Gasteiger partial charge >= 0.3 is 0 Å². The minimum atomic E-state index is -3.18. The van der Waals surface area contributed by atoms with Crippen molar-refractivity contribution in [3.8, 4) is 11.8 Å². The molecule has 0 amide bonds. The van der Waals surface area contributed by atoms with Crippen LogP contribution in [0.15, 0.2) is 29.2 Å². The Hall–Kier alpha value is -1.58. The predicted octanol–water partition coefficient (Wildman–Crippen LogP) is 1.11. The number of sulfone groups is 1. The molecule has 0 spiro atoms. The lowest BCUT2D eigenvalue weighted by atomic mass is 10.3. The van der Waals surface area contributed by atoms with Crippen LogP contribution in [0.2, 0.25) is 0 Å². The summed E-state index contributed by atoms with van der Waals surface area (Å²) in [6.45, 7) is 0.255. The lowest BCUT2D eigenvalue weighted by Crippen LogP contribution is -2.34. The van der Waals surface area contributed by atoms with E-state index < -0.39 is 9.84 Å². The Kier molecular flexibility index (Phi) is 4.08. The van der Waals surface area contributed by atoms with Gasteiger partial charge in [0.05, 0.1) is 11.0 Å². The van der Waals surface area contributed by atoms with Crippen LogP contribution in [0.4, 0.5) is 0 Å². The summed E-state index contributed by atoms with van der Waals surface area (Å²) in [5, 5.41) is 12.1. The molecule has 1 aromatic rings. The molecular weight excluding hydrogens is 264 g/mol. The van der Waals surface area contributed by atoms with Crippen molar-refractivity contribution in [2.75, 3.05) is 12.9 Å². The van der Waals surface area contributed by atoms with Crippen LogP contribution in [0, 0.1) is 11.3 Å². The molecule has 1 aliphatic carbocycles. The van der Waals surface area contributed by atoms with E-state index in [1.54, 1.807) is 12.1 Å². The van der Waals surface area contributed by atoms with E-state index in [-0.39, 0.29) is 17.5 Å². The second-order valence-corrected chi connectivity index (χ2v) is 6.69. The predicted molar refractivity (Wildman–Crippen MR) is 70.6 cm³/mol. The maximum absolute atomic E-state index is 11.3. The molecule has 0 aromatic heterocycles. The summed E-state index contributed by atoms with van der Waals surface area (Å²) in [5.74, 6) is 0.560. The second-order valence-electron chi connectivity index (χ2n) is 4.68. The van der Waals surface area contributed by atoms with Crippen LogP contribution in [0.1, 0.15) is 12.8 Å². The summed E-state index contributed by atoms with van der Waals surface area (Å²) in [7, 11) is -3.18. The molecule has 1 unspecified atom stereocenters. The summed E-state index contributed by atoms with van der Waals surface area (Å²) >= 11 is 0. The van der Waals surface area contributed by atoms with Crippen LogP contribution >= 0.6 is 0 Å². The zero-order chi connectivity index (χ0) is 13.9. The first-order chi connectivity index (χ1) is 8.99. The Morgan fingerprint density at radius 1 is 1.42 bits per heavy atom. The van der Waals surface area contributed by atoms with Gasteiger partial charge in [-0.05, 0) is 37.1 Å². The SMILES string of the molecule is CS(=O)(=O)c1ccc(OCC(C#N)NC2CC2)cc1. The molecule has 1 aromatic carbocycles.